The number of hydrogen-bond donors (Lipinski definition) is 2. The van der Waals surface area contributed by atoms with Crippen molar-refractivity contribution >= 4 is 5.91 Å². The standard InChI is InChI=1S/C12H23N3O/c1-2-14-12(16)8-15-10-4-3-5-11(15)7-9(13)6-10/h9-11H,2-8,13H2,1H3,(H,14,16). The molecule has 2 rings (SSSR count). The number of amides is 1. The fourth-order valence-corrected chi connectivity index (χ4v) is 3.20. The van der Waals surface area contributed by atoms with Crippen LogP contribution in [0.4, 0.5) is 0 Å². The maximum atomic E-state index is 11.6. The van der Waals surface area contributed by atoms with E-state index >= 15 is 0 Å². The molecule has 0 aromatic heterocycles. The average Bonchev–Trinajstić information content (AvgIpc) is 2.19. The fourth-order valence-electron chi connectivity index (χ4n) is 3.20. The Balaban J connectivity index is 1.95. The third-order valence-corrected chi connectivity index (χ3v) is 3.86. The maximum absolute atomic E-state index is 11.6. The third kappa shape index (κ3) is 2.55. The van der Waals surface area contributed by atoms with E-state index in [1.54, 1.807) is 0 Å². The second-order valence-electron chi connectivity index (χ2n) is 5.10. The van der Waals surface area contributed by atoms with Gasteiger partial charge in [0.25, 0.3) is 0 Å². The van der Waals surface area contributed by atoms with E-state index in [9.17, 15) is 4.79 Å². The molecule has 0 saturated carbocycles. The second-order valence-corrected chi connectivity index (χ2v) is 5.10. The van der Waals surface area contributed by atoms with Crippen LogP contribution < -0.4 is 11.1 Å². The summed E-state index contributed by atoms with van der Waals surface area (Å²) in [6, 6.07) is 1.44. The lowest BCUT2D eigenvalue weighted by atomic mass is 9.82. The lowest BCUT2D eigenvalue weighted by molar-refractivity contribution is -0.125. The third-order valence-electron chi connectivity index (χ3n) is 3.86. The van der Waals surface area contributed by atoms with Gasteiger partial charge in [-0.3, -0.25) is 9.69 Å². The highest BCUT2D eigenvalue weighted by Gasteiger charge is 2.37. The molecule has 2 saturated heterocycles. The molecular weight excluding hydrogens is 202 g/mol. The zero-order valence-electron chi connectivity index (χ0n) is 10.1. The summed E-state index contributed by atoms with van der Waals surface area (Å²) in [4.78, 5) is 14.0. The van der Waals surface area contributed by atoms with Crippen LogP contribution in [-0.2, 0) is 4.79 Å². The molecule has 16 heavy (non-hydrogen) atoms. The van der Waals surface area contributed by atoms with Gasteiger partial charge in [0.1, 0.15) is 0 Å². The Hall–Kier alpha value is -0.610. The first-order valence-corrected chi connectivity index (χ1v) is 6.48. The lowest BCUT2D eigenvalue weighted by Crippen LogP contribution is -2.57. The highest BCUT2D eigenvalue weighted by molar-refractivity contribution is 5.78. The van der Waals surface area contributed by atoms with E-state index in [0.717, 1.165) is 19.4 Å². The number of fused-ring (bicyclic) bond motifs is 2. The Morgan fingerprint density at radius 2 is 2.00 bits per heavy atom. The molecule has 3 N–H and O–H groups in total. The second kappa shape index (κ2) is 5.15. The first-order chi connectivity index (χ1) is 7.70. The Bertz CT molecular complexity index is 243. The molecule has 2 aliphatic rings. The van der Waals surface area contributed by atoms with Crippen LogP contribution in [0.3, 0.4) is 0 Å². The molecule has 2 fully saturated rings. The average molecular weight is 225 g/mol. The van der Waals surface area contributed by atoms with Crippen molar-refractivity contribution < 1.29 is 4.79 Å². The molecule has 0 spiro atoms. The van der Waals surface area contributed by atoms with E-state index < -0.39 is 0 Å². The number of nitrogens with zero attached hydrogens (tertiary/aromatic N) is 1. The zero-order chi connectivity index (χ0) is 11.5. The molecule has 2 unspecified atom stereocenters. The van der Waals surface area contributed by atoms with E-state index in [1.807, 2.05) is 6.92 Å². The highest BCUT2D eigenvalue weighted by Crippen LogP contribution is 2.32. The van der Waals surface area contributed by atoms with Gasteiger partial charge in [0.2, 0.25) is 5.91 Å². The van der Waals surface area contributed by atoms with Crippen LogP contribution in [0.15, 0.2) is 0 Å². The quantitative estimate of drug-likeness (QED) is 0.734. The number of piperidine rings is 2. The van der Waals surface area contributed by atoms with Gasteiger partial charge >= 0.3 is 0 Å². The number of rotatable bonds is 3. The normalized spacial score (nSPS) is 34.8. The van der Waals surface area contributed by atoms with Crippen LogP contribution >= 0.6 is 0 Å². The van der Waals surface area contributed by atoms with Gasteiger partial charge in [-0.25, -0.2) is 0 Å². The van der Waals surface area contributed by atoms with E-state index in [1.165, 1.54) is 19.3 Å². The maximum Gasteiger partial charge on any atom is 0.234 e. The minimum Gasteiger partial charge on any atom is -0.355 e. The van der Waals surface area contributed by atoms with Gasteiger partial charge < -0.3 is 11.1 Å². The van der Waals surface area contributed by atoms with Gasteiger partial charge in [0.05, 0.1) is 6.54 Å². The minimum atomic E-state index is 0.162. The van der Waals surface area contributed by atoms with Gasteiger partial charge in [0, 0.05) is 24.7 Å². The summed E-state index contributed by atoms with van der Waals surface area (Å²) in [5.41, 5.74) is 6.05. The van der Waals surface area contributed by atoms with Crippen molar-refractivity contribution in [1.82, 2.24) is 10.2 Å². The fraction of sp³-hybridized carbons (Fsp3) is 0.917. The monoisotopic (exact) mass is 225 g/mol. The van der Waals surface area contributed by atoms with E-state index in [2.05, 4.69) is 10.2 Å². The number of nitrogens with two attached hydrogens (primary N) is 1. The zero-order valence-corrected chi connectivity index (χ0v) is 10.1. The van der Waals surface area contributed by atoms with Gasteiger partial charge in [-0.2, -0.15) is 0 Å². The lowest BCUT2D eigenvalue weighted by Gasteiger charge is -2.47. The largest absolute Gasteiger partial charge is 0.355 e. The van der Waals surface area contributed by atoms with Gasteiger partial charge in [-0.15, -0.1) is 0 Å². The Kier molecular flexibility index (Phi) is 3.82. The van der Waals surface area contributed by atoms with Crippen LogP contribution in [-0.4, -0.2) is 42.0 Å². The molecule has 0 radical (unpaired) electrons. The number of carbonyl (C=O) groups excluding carboxylic acids is 1. The highest BCUT2D eigenvalue weighted by atomic mass is 16.2. The van der Waals surface area contributed by atoms with Crippen LogP contribution in [0.5, 0.6) is 0 Å². The molecule has 0 aromatic carbocycles. The minimum absolute atomic E-state index is 0.162. The Morgan fingerprint density at radius 3 is 2.56 bits per heavy atom. The summed E-state index contributed by atoms with van der Waals surface area (Å²) < 4.78 is 0. The Labute approximate surface area is 97.6 Å². The first kappa shape index (κ1) is 11.9. The predicted octanol–water partition coefficient (Wildman–Crippen LogP) is 0.467. The SMILES string of the molecule is CCNC(=O)CN1C2CCCC1CC(N)C2. The van der Waals surface area contributed by atoms with Crippen LogP contribution in [0.2, 0.25) is 0 Å². The van der Waals surface area contributed by atoms with Crippen molar-refractivity contribution in [1.29, 1.82) is 0 Å². The molecule has 92 valence electrons. The number of hydrogen-bond acceptors (Lipinski definition) is 3. The smallest absolute Gasteiger partial charge is 0.234 e. The summed E-state index contributed by atoms with van der Waals surface area (Å²) >= 11 is 0. The van der Waals surface area contributed by atoms with E-state index in [0.29, 0.717) is 24.7 Å². The molecule has 0 aliphatic carbocycles. The van der Waals surface area contributed by atoms with Crippen molar-refractivity contribution in [3.8, 4) is 0 Å². The van der Waals surface area contributed by atoms with Crippen molar-refractivity contribution in [3.63, 3.8) is 0 Å². The summed E-state index contributed by atoms with van der Waals surface area (Å²) in [7, 11) is 0. The first-order valence-electron chi connectivity index (χ1n) is 6.48. The molecule has 4 heteroatoms. The molecule has 2 aliphatic heterocycles. The van der Waals surface area contributed by atoms with Gasteiger partial charge in [0.15, 0.2) is 0 Å². The molecule has 2 atom stereocenters. The predicted molar refractivity (Wildman–Crippen MR) is 64.0 cm³/mol. The topological polar surface area (TPSA) is 58.4 Å². The molecule has 2 heterocycles. The summed E-state index contributed by atoms with van der Waals surface area (Å²) in [6.45, 7) is 3.25. The van der Waals surface area contributed by atoms with E-state index in [4.69, 9.17) is 5.73 Å². The Morgan fingerprint density at radius 1 is 1.38 bits per heavy atom. The van der Waals surface area contributed by atoms with Crippen molar-refractivity contribution in [3.05, 3.63) is 0 Å². The van der Waals surface area contributed by atoms with Gasteiger partial charge in [-0.1, -0.05) is 6.42 Å². The summed E-state index contributed by atoms with van der Waals surface area (Å²) in [5.74, 6) is 0.162. The van der Waals surface area contributed by atoms with Crippen LogP contribution in [0.1, 0.15) is 39.0 Å². The van der Waals surface area contributed by atoms with Crippen molar-refractivity contribution in [2.24, 2.45) is 5.73 Å². The summed E-state index contributed by atoms with van der Waals surface area (Å²) in [5, 5.41) is 2.88. The summed E-state index contributed by atoms with van der Waals surface area (Å²) in [6.07, 6.45) is 5.85. The number of nitrogens with one attached hydrogen (secondary N) is 1. The van der Waals surface area contributed by atoms with Crippen LogP contribution in [0, 0.1) is 0 Å². The van der Waals surface area contributed by atoms with Crippen LogP contribution in [0.25, 0.3) is 0 Å². The molecule has 1 amide bonds. The number of likely N-dealkylation sites (N-methyl/N-ethyl adjacent to an activating group) is 1. The molecule has 4 nitrogen and oxygen atoms in total. The van der Waals surface area contributed by atoms with Crippen molar-refractivity contribution in [2.45, 2.75) is 57.2 Å². The van der Waals surface area contributed by atoms with Gasteiger partial charge in [-0.05, 0) is 32.6 Å². The van der Waals surface area contributed by atoms with Crippen molar-refractivity contribution in [2.75, 3.05) is 13.1 Å². The molecule has 0 aromatic rings. The van der Waals surface area contributed by atoms with E-state index in [-0.39, 0.29) is 5.91 Å². The molecular formula is C12H23N3O. The molecule has 2 bridgehead atoms. The number of carbonyl (C=O) groups is 1.